The molecule has 4 N–H and O–H groups in total. The third kappa shape index (κ3) is 11.0. The maximum absolute atomic E-state index is 5.65. The van der Waals surface area contributed by atoms with Gasteiger partial charge in [-0.05, 0) is 142 Å². The van der Waals surface area contributed by atoms with Gasteiger partial charge in [-0.2, -0.15) is 0 Å². The van der Waals surface area contributed by atoms with E-state index in [4.69, 9.17) is 19.9 Å². The summed E-state index contributed by atoms with van der Waals surface area (Å²) < 4.78 is 0. The molecular weight excluding hydrogens is 953 g/mol. The fraction of sp³-hybridized carbons (Fsp3) is 0.286. The van der Waals surface area contributed by atoms with Crippen molar-refractivity contribution in [2.24, 2.45) is 0 Å². The number of nitrogens with zero attached hydrogens (tertiary/aromatic N) is 4. The second-order valence-electron chi connectivity index (χ2n) is 23.3. The summed E-state index contributed by atoms with van der Waals surface area (Å²) in [5.74, 6) is 1.78. The summed E-state index contributed by atoms with van der Waals surface area (Å²) in [6.45, 7) is 19.9. The van der Waals surface area contributed by atoms with Crippen LogP contribution < -0.4 is 10.6 Å². The first kappa shape index (κ1) is 52.0. The van der Waals surface area contributed by atoms with Gasteiger partial charge in [-0.1, -0.05) is 167 Å². The molecule has 78 heavy (non-hydrogen) atoms. The minimum atomic E-state index is -0.00344. The van der Waals surface area contributed by atoms with Gasteiger partial charge in [0, 0.05) is 68.2 Å². The zero-order valence-electron chi connectivity index (χ0n) is 46.9. The number of hydrogen-bond acceptors (Lipinski definition) is 6. The molecule has 0 spiro atoms. The van der Waals surface area contributed by atoms with E-state index in [9.17, 15) is 0 Å². The third-order valence-electron chi connectivity index (χ3n) is 15.5. The number of unbranched alkanes of at least 4 members (excludes halogenated alkanes) is 6. The van der Waals surface area contributed by atoms with Gasteiger partial charge < -0.3 is 20.6 Å². The SMILES string of the molecule is CCCCCCNc1ccc2ccc(-c3c4nc(c(-c5ccc(C(C)(C)C)cc5)c5ccc([nH]5)c(-c5ccc6ccc(NCCCCCC)nc6c5)c5nc(c(-c6ccc(C(C)(C)C)cc6)c6ccc3[nH]6)C=C5)C=C4)cc2n1. The first-order valence-electron chi connectivity index (χ1n) is 28.5. The molecule has 2 aliphatic heterocycles. The predicted molar refractivity (Wildman–Crippen MR) is 334 cm³/mol. The minimum absolute atomic E-state index is 0.00344. The van der Waals surface area contributed by atoms with Gasteiger partial charge in [-0.15, -0.1) is 0 Å². The lowest BCUT2D eigenvalue weighted by Gasteiger charge is -2.19. The third-order valence-corrected chi connectivity index (χ3v) is 15.5. The predicted octanol–water partition coefficient (Wildman–Crippen LogP) is 19.0. The fourth-order valence-electron chi connectivity index (χ4n) is 11.0. The molecule has 11 rings (SSSR count). The largest absolute Gasteiger partial charge is 0.370 e. The number of nitrogens with one attached hydrogen (secondary N) is 4. The summed E-state index contributed by atoms with van der Waals surface area (Å²) in [4.78, 5) is 29.6. The van der Waals surface area contributed by atoms with Crippen LogP contribution in [0.3, 0.4) is 0 Å². The molecule has 4 aromatic carbocycles. The Morgan fingerprint density at radius 2 is 0.692 bits per heavy atom. The summed E-state index contributed by atoms with van der Waals surface area (Å²) in [5, 5.41) is 9.38. The summed E-state index contributed by atoms with van der Waals surface area (Å²) in [6, 6.07) is 48.7. The smallest absolute Gasteiger partial charge is 0.126 e. The van der Waals surface area contributed by atoms with Crippen LogP contribution in [0.5, 0.6) is 0 Å². The zero-order chi connectivity index (χ0) is 54.0. The van der Waals surface area contributed by atoms with Crippen molar-refractivity contribution in [3.63, 3.8) is 0 Å². The molecule has 0 atom stereocenters. The molecule has 8 nitrogen and oxygen atoms in total. The van der Waals surface area contributed by atoms with Crippen molar-refractivity contribution in [2.75, 3.05) is 23.7 Å². The van der Waals surface area contributed by atoms with E-state index < -0.39 is 0 Å². The number of fused-ring (bicyclic) bond motifs is 10. The number of rotatable bonds is 16. The van der Waals surface area contributed by atoms with E-state index in [2.05, 4.69) is 234 Å². The van der Waals surface area contributed by atoms with Crippen LogP contribution in [0.1, 0.15) is 141 Å². The van der Waals surface area contributed by atoms with E-state index in [0.717, 1.165) is 149 Å². The molecule has 2 aliphatic rings. The van der Waals surface area contributed by atoms with E-state index in [0.29, 0.717) is 0 Å². The lowest BCUT2D eigenvalue weighted by molar-refractivity contribution is 0.590. The maximum Gasteiger partial charge on any atom is 0.126 e. The Morgan fingerprint density at radius 3 is 1.04 bits per heavy atom. The number of hydrogen-bond donors (Lipinski definition) is 4. The summed E-state index contributed by atoms with van der Waals surface area (Å²) in [5.41, 5.74) is 19.9. The molecule has 0 radical (unpaired) electrons. The maximum atomic E-state index is 5.65. The first-order chi connectivity index (χ1) is 37.8. The Labute approximate surface area is 460 Å². The van der Waals surface area contributed by atoms with E-state index in [1.54, 1.807) is 0 Å². The molecule has 8 bridgehead atoms. The highest BCUT2D eigenvalue weighted by Crippen LogP contribution is 2.40. The van der Waals surface area contributed by atoms with Crippen molar-refractivity contribution in [1.82, 2.24) is 29.9 Å². The molecule has 0 fully saturated rings. The van der Waals surface area contributed by atoms with Crippen LogP contribution in [0, 0.1) is 0 Å². The van der Waals surface area contributed by atoms with Crippen molar-refractivity contribution in [3.8, 4) is 44.5 Å². The van der Waals surface area contributed by atoms with Gasteiger partial charge in [0.2, 0.25) is 0 Å². The molecule has 0 amide bonds. The number of aromatic amines is 2. The van der Waals surface area contributed by atoms with Gasteiger partial charge in [0.1, 0.15) is 11.6 Å². The van der Waals surface area contributed by atoms with Crippen molar-refractivity contribution < 1.29 is 0 Å². The average Bonchev–Trinajstić information content (AvgIpc) is 4.36. The highest BCUT2D eigenvalue weighted by atomic mass is 15.0. The van der Waals surface area contributed by atoms with Gasteiger partial charge in [0.15, 0.2) is 0 Å². The highest BCUT2D eigenvalue weighted by molar-refractivity contribution is 6.01. The number of aromatic nitrogens is 6. The monoisotopic (exact) mass is 1030 g/mol. The molecule has 0 unspecified atom stereocenters. The quantitative estimate of drug-likeness (QED) is 0.0719. The normalized spacial score (nSPS) is 12.5. The summed E-state index contributed by atoms with van der Waals surface area (Å²) in [7, 11) is 0. The van der Waals surface area contributed by atoms with Crippen molar-refractivity contribution >= 4 is 79.8 Å². The second-order valence-corrected chi connectivity index (χ2v) is 23.3. The number of anilines is 2. The standard InChI is InChI=1S/C70H74N8/c1-9-11-13-15-41-71-63-39-25-45-17-19-49(43-61(45)77-63)67-57-35-31-53(73-57)65(47-21-27-51(28-22-47)69(3,4)5)55-33-37-59(75-55)68(50-20-18-46-26-40-64(78-62(46)44-50)72-42-16-14-12-10-2)60-38-34-56(76-60)66(54-32-36-58(67)74-54)48-23-29-52(30-24-48)70(6,7)8/h17-40,43-44,73,76H,9-16,41-42H2,1-8H3,(H,71,77)(H,72,78). The first-order valence-corrected chi connectivity index (χ1v) is 28.5. The van der Waals surface area contributed by atoms with E-state index in [-0.39, 0.29) is 10.8 Å². The number of H-pyrrole nitrogens is 2. The molecule has 0 saturated heterocycles. The van der Waals surface area contributed by atoms with Gasteiger partial charge in [-0.25, -0.2) is 19.9 Å². The van der Waals surface area contributed by atoms with E-state index >= 15 is 0 Å². The summed E-state index contributed by atoms with van der Waals surface area (Å²) in [6.07, 6.45) is 18.3. The van der Waals surface area contributed by atoms with E-state index in [1.165, 1.54) is 49.7 Å². The van der Waals surface area contributed by atoms with Crippen molar-refractivity contribution in [1.29, 1.82) is 0 Å². The Balaban J connectivity index is 1.18. The van der Waals surface area contributed by atoms with Crippen LogP contribution in [0.25, 0.3) is 113 Å². The van der Waals surface area contributed by atoms with Gasteiger partial charge in [0.25, 0.3) is 0 Å². The Hall–Kier alpha value is -8.10. The fourth-order valence-corrected chi connectivity index (χ4v) is 11.0. The van der Waals surface area contributed by atoms with Crippen LogP contribution >= 0.6 is 0 Å². The second kappa shape index (κ2) is 22.1. The van der Waals surface area contributed by atoms with Crippen LogP contribution in [0.4, 0.5) is 11.6 Å². The molecule has 7 heterocycles. The van der Waals surface area contributed by atoms with Crippen LogP contribution in [0.15, 0.2) is 133 Å². The van der Waals surface area contributed by atoms with Gasteiger partial charge >= 0.3 is 0 Å². The molecule has 9 aromatic rings. The van der Waals surface area contributed by atoms with Gasteiger partial charge in [0.05, 0.1) is 33.8 Å². The molecule has 8 heteroatoms. The lowest BCUT2D eigenvalue weighted by atomic mass is 9.86. The molecular formula is C70H74N8. The van der Waals surface area contributed by atoms with Crippen LogP contribution in [-0.4, -0.2) is 43.0 Å². The lowest BCUT2D eigenvalue weighted by Crippen LogP contribution is -2.10. The van der Waals surface area contributed by atoms with Crippen LogP contribution in [0.2, 0.25) is 0 Å². The Morgan fingerprint density at radius 1 is 0.359 bits per heavy atom. The number of benzene rings is 4. The Bertz CT molecular complexity index is 3640. The van der Waals surface area contributed by atoms with Gasteiger partial charge in [-0.3, -0.25) is 0 Å². The Kier molecular flexibility index (Phi) is 14.7. The number of pyridine rings is 2. The summed E-state index contributed by atoms with van der Waals surface area (Å²) >= 11 is 0. The van der Waals surface area contributed by atoms with Crippen LogP contribution in [-0.2, 0) is 10.8 Å². The molecule has 0 saturated carbocycles. The van der Waals surface area contributed by atoms with Crippen molar-refractivity contribution in [2.45, 2.75) is 118 Å². The van der Waals surface area contributed by atoms with Crippen molar-refractivity contribution in [3.05, 3.63) is 167 Å². The zero-order valence-corrected chi connectivity index (χ0v) is 46.9. The molecule has 394 valence electrons. The highest BCUT2D eigenvalue weighted by Gasteiger charge is 2.22. The molecule has 5 aromatic heterocycles. The van der Waals surface area contributed by atoms with E-state index in [1.807, 2.05) is 0 Å². The minimum Gasteiger partial charge on any atom is -0.370 e. The molecule has 0 aliphatic carbocycles. The average molecular weight is 1030 g/mol. The topological polar surface area (TPSA) is 107 Å².